The number of benzene rings is 2. The maximum absolute atomic E-state index is 12.0. The number of hydrogen-bond donors (Lipinski definition) is 2. The maximum Gasteiger partial charge on any atom is 0.338 e. The molecule has 0 radical (unpaired) electrons. The summed E-state index contributed by atoms with van der Waals surface area (Å²) in [5.74, 6) is -1.20. The average Bonchev–Trinajstić information content (AvgIpc) is 2.59. The Morgan fingerprint density at radius 1 is 1.15 bits per heavy atom. The minimum Gasteiger partial charge on any atom is -0.495 e. The average molecular weight is 433 g/mol. The molecule has 2 aromatic rings. The topological polar surface area (TPSA) is 125 Å². The van der Waals surface area contributed by atoms with Gasteiger partial charge >= 0.3 is 5.97 Å². The molecular weight excluding hydrogens is 419 g/mol. The molecule has 0 aliphatic rings. The van der Waals surface area contributed by atoms with E-state index in [1.54, 1.807) is 12.1 Å². The molecule has 3 N–H and O–H groups in total. The van der Waals surface area contributed by atoms with Crippen molar-refractivity contribution in [3.8, 4) is 5.75 Å². The first-order valence-corrected chi connectivity index (χ1v) is 9.55. The van der Waals surface area contributed by atoms with Crippen LogP contribution in [0.25, 0.3) is 0 Å². The van der Waals surface area contributed by atoms with Crippen LogP contribution in [0.1, 0.15) is 10.4 Å². The first-order valence-electron chi connectivity index (χ1n) is 7.24. The highest BCUT2D eigenvalue weighted by Gasteiger charge is 2.18. The predicted molar refractivity (Wildman–Crippen MR) is 99.7 cm³/mol. The van der Waals surface area contributed by atoms with Gasteiger partial charge in [-0.05, 0) is 36.4 Å². The molecule has 0 heterocycles. The Labute approximate surface area is 165 Å². The molecule has 0 fully saturated rings. The zero-order chi connectivity index (χ0) is 20.2. The molecule has 144 valence electrons. The van der Waals surface area contributed by atoms with Crippen LogP contribution in [0.3, 0.4) is 0 Å². The van der Waals surface area contributed by atoms with Crippen molar-refractivity contribution in [2.45, 2.75) is 4.90 Å². The molecule has 27 heavy (non-hydrogen) atoms. The van der Waals surface area contributed by atoms with Crippen LogP contribution in [0.5, 0.6) is 5.75 Å². The predicted octanol–water partition coefficient (Wildman–Crippen LogP) is 2.44. The van der Waals surface area contributed by atoms with E-state index in [1.165, 1.54) is 25.3 Å². The van der Waals surface area contributed by atoms with E-state index < -0.39 is 33.4 Å². The van der Waals surface area contributed by atoms with E-state index in [0.717, 1.165) is 6.07 Å². The van der Waals surface area contributed by atoms with Crippen LogP contribution < -0.4 is 15.2 Å². The van der Waals surface area contributed by atoms with E-state index in [4.69, 9.17) is 37.8 Å². The molecule has 0 unspecified atom stereocenters. The lowest BCUT2D eigenvalue weighted by molar-refractivity contribution is -0.119. The second-order valence-electron chi connectivity index (χ2n) is 5.16. The summed E-state index contributed by atoms with van der Waals surface area (Å²) in [4.78, 5) is 23.6. The largest absolute Gasteiger partial charge is 0.495 e. The molecule has 8 nitrogen and oxygen atoms in total. The van der Waals surface area contributed by atoms with Crippen LogP contribution in [0.4, 0.5) is 5.69 Å². The highest BCUT2D eigenvalue weighted by Crippen LogP contribution is 2.27. The van der Waals surface area contributed by atoms with Crippen molar-refractivity contribution in [2.24, 2.45) is 5.14 Å². The number of anilines is 1. The molecule has 0 spiro atoms. The molecule has 11 heteroatoms. The Bertz CT molecular complexity index is 994. The number of nitrogens with two attached hydrogens (primary N) is 1. The van der Waals surface area contributed by atoms with E-state index in [0.29, 0.717) is 16.5 Å². The first kappa shape index (κ1) is 21.0. The van der Waals surface area contributed by atoms with Crippen molar-refractivity contribution in [1.82, 2.24) is 0 Å². The quantitative estimate of drug-likeness (QED) is 0.675. The highest BCUT2D eigenvalue weighted by atomic mass is 35.5. The third-order valence-corrected chi connectivity index (χ3v) is 4.87. The summed E-state index contributed by atoms with van der Waals surface area (Å²) in [5, 5.41) is 7.75. The Morgan fingerprint density at radius 3 is 2.48 bits per heavy atom. The van der Waals surface area contributed by atoms with Crippen molar-refractivity contribution in [2.75, 3.05) is 19.0 Å². The second kappa shape index (κ2) is 8.57. The van der Waals surface area contributed by atoms with E-state index in [9.17, 15) is 18.0 Å². The number of hydrogen-bond acceptors (Lipinski definition) is 6. The molecular formula is C16H14Cl2N2O6S. The van der Waals surface area contributed by atoms with Gasteiger partial charge in [0, 0.05) is 5.02 Å². The monoisotopic (exact) mass is 432 g/mol. The highest BCUT2D eigenvalue weighted by molar-refractivity contribution is 7.89. The molecule has 0 aromatic heterocycles. The molecule has 0 atom stereocenters. The van der Waals surface area contributed by atoms with Gasteiger partial charge in [0.05, 0.1) is 23.4 Å². The van der Waals surface area contributed by atoms with Crippen LogP contribution in [0, 0.1) is 0 Å². The Kier molecular flexibility index (Phi) is 6.66. The van der Waals surface area contributed by atoms with Crippen LogP contribution in [-0.2, 0) is 19.6 Å². The fraction of sp³-hybridized carbons (Fsp3) is 0.125. The number of rotatable bonds is 6. The fourth-order valence-corrected chi connectivity index (χ4v) is 3.27. The Balaban J connectivity index is 2.06. The minimum atomic E-state index is -4.12. The van der Waals surface area contributed by atoms with Gasteiger partial charge in [-0.1, -0.05) is 23.2 Å². The normalized spacial score (nSPS) is 11.0. The summed E-state index contributed by atoms with van der Waals surface area (Å²) in [6, 6.07) is 8.02. The summed E-state index contributed by atoms with van der Waals surface area (Å²) in [6.07, 6.45) is 0. The van der Waals surface area contributed by atoms with E-state index in [-0.39, 0.29) is 10.6 Å². The SMILES string of the molecule is COc1ccc(Cl)cc1NC(=O)COC(=O)c1ccc(Cl)c(S(N)(=O)=O)c1. The third-order valence-electron chi connectivity index (χ3n) is 3.24. The van der Waals surface area contributed by atoms with Crippen LogP contribution in [-0.4, -0.2) is 34.0 Å². The molecule has 0 aliphatic heterocycles. The molecule has 2 aromatic carbocycles. The van der Waals surface area contributed by atoms with Crippen molar-refractivity contribution in [3.63, 3.8) is 0 Å². The van der Waals surface area contributed by atoms with Gasteiger partial charge < -0.3 is 14.8 Å². The van der Waals surface area contributed by atoms with Crippen molar-refractivity contribution in [1.29, 1.82) is 0 Å². The van der Waals surface area contributed by atoms with Crippen LogP contribution >= 0.6 is 23.2 Å². The number of halogens is 2. The minimum absolute atomic E-state index is 0.128. The van der Waals surface area contributed by atoms with Crippen LogP contribution in [0.2, 0.25) is 10.0 Å². The molecule has 2 rings (SSSR count). The number of sulfonamides is 1. The summed E-state index contributed by atoms with van der Waals surface area (Å²) in [5.41, 5.74) is 0.172. The van der Waals surface area contributed by atoms with Crippen molar-refractivity contribution < 1.29 is 27.5 Å². The smallest absolute Gasteiger partial charge is 0.338 e. The zero-order valence-corrected chi connectivity index (χ0v) is 16.2. The maximum atomic E-state index is 12.0. The van der Waals surface area contributed by atoms with Gasteiger partial charge in [0.15, 0.2) is 6.61 Å². The standard InChI is InChI=1S/C16H14Cl2N2O6S/c1-25-13-5-3-10(17)7-12(13)20-15(21)8-26-16(22)9-2-4-11(18)14(6-9)27(19,23)24/h2-7H,8H2,1H3,(H,20,21)(H2,19,23,24). The third kappa shape index (κ3) is 5.57. The fourth-order valence-electron chi connectivity index (χ4n) is 2.03. The van der Waals surface area contributed by atoms with Gasteiger partial charge in [0.2, 0.25) is 10.0 Å². The lowest BCUT2D eigenvalue weighted by Gasteiger charge is -2.11. The number of primary sulfonamides is 1. The molecule has 0 saturated carbocycles. The Hall–Kier alpha value is -2.33. The van der Waals surface area contributed by atoms with Crippen molar-refractivity contribution in [3.05, 3.63) is 52.0 Å². The number of carbonyl (C=O) groups excluding carboxylic acids is 2. The Morgan fingerprint density at radius 2 is 1.85 bits per heavy atom. The summed E-state index contributed by atoms with van der Waals surface area (Å²) in [6.45, 7) is -0.623. The lowest BCUT2D eigenvalue weighted by Crippen LogP contribution is -2.21. The number of methoxy groups -OCH3 is 1. The zero-order valence-electron chi connectivity index (χ0n) is 13.9. The number of esters is 1. The molecule has 0 aliphatic carbocycles. The van der Waals surface area contributed by atoms with Crippen molar-refractivity contribution >= 4 is 50.8 Å². The van der Waals surface area contributed by atoms with E-state index in [2.05, 4.69) is 5.32 Å². The van der Waals surface area contributed by atoms with Gasteiger partial charge in [-0.25, -0.2) is 18.4 Å². The van der Waals surface area contributed by atoms with Crippen LogP contribution in [0.15, 0.2) is 41.3 Å². The number of amides is 1. The number of ether oxygens (including phenoxy) is 2. The van der Waals surface area contributed by atoms with Gasteiger partial charge in [0.1, 0.15) is 10.6 Å². The van der Waals surface area contributed by atoms with E-state index >= 15 is 0 Å². The summed E-state index contributed by atoms with van der Waals surface area (Å²) >= 11 is 11.6. The first-order chi connectivity index (χ1) is 12.6. The van der Waals surface area contributed by atoms with Gasteiger partial charge in [-0.15, -0.1) is 0 Å². The number of nitrogens with one attached hydrogen (secondary N) is 1. The van der Waals surface area contributed by atoms with E-state index in [1.807, 2.05) is 0 Å². The molecule has 0 saturated heterocycles. The van der Waals surface area contributed by atoms with Gasteiger partial charge in [0.25, 0.3) is 5.91 Å². The van der Waals surface area contributed by atoms with Gasteiger partial charge in [-0.3, -0.25) is 4.79 Å². The summed E-state index contributed by atoms with van der Waals surface area (Å²) in [7, 11) is -2.70. The molecule has 1 amide bonds. The number of carbonyl (C=O) groups is 2. The second-order valence-corrected chi connectivity index (χ2v) is 7.53. The molecule has 0 bridgehead atoms. The van der Waals surface area contributed by atoms with Gasteiger partial charge in [-0.2, -0.15) is 0 Å². The summed E-state index contributed by atoms with van der Waals surface area (Å²) < 4.78 is 32.8. The lowest BCUT2D eigenvalue weighted by atomic mass is 10.2.